The van der Waals surface area contributed by atoms with Crippen LogP contribution in [0.2, 0.25) is 0 Å². The standard InChI is InChI=1S/C17H27NO3/c1-5-12(6-2)16-10-18-11-17(21-16)14-8-7-13(19-3)9-15(14)20-4/h7-9,12,16-18H,5-6,10-11H2,1-4H3. The molecule has 0 bridgehead atoms. The molecule has 0 amide bonds. The van der Waals surface area contributed by atoms with Crippen molar-refractivity contribution in [3.63, 3.8) is 0 Å². The van der Waals surface area contributed by atoms with Crippen LogP contribution >= 0.6 is 0 Å². The van der Waals surface area contributed by atoms with Crippen LogP contribution in [-0.4, -0.2) is 33.4 Å². The minimum atomic E-state index is 0.0326. The van der Waals surface area contributed by atoms with Crippen LogP contribution in [0, 0.1) is 5.92 Å². The van der Waals surface area contributed by atoms with E-state index in [4.69, 9.17) is 14.2 Å². The molecule has 1 saturated heterocycles. The zero-order valence-corrected chi connectivity index (χ0v) is 13.5. The van der Waals surface area contributed by atoms with E-state index < -0.39 is 0 Å². The molecule has 4 heteroatoms. The fourth-order valence-corrected chi connectivity index (χ4v) is 3.02. The maximum absolute atomic E-state index is 6.35. The van der Waals surface area contributed by atoms with Crippen molar-refractivity contribution in [2.45, 2.75) is 38.9 Å². The van der Waals surface area contributed by atoms with Crippen molar-refractivity contribution in [1.29, 1.82) is 0 Å². The minimum absolute atomic E-state index is 0.0326. The third-order valence-corrected chi connectivity index (χ3v) is 4.38. The first-order chi connectivity index (χ1) is 10.2. The van der Waals surface area contributed by atoms with E-state index >= 15 is 0 Å². The summed E-state index contributed by atoms with van der Waals surface area (Å²) in [4.78, 5) is 0. The van der Waals surface area contributed by atoms with E-state index in [9.17, 15) is 0 Å². The second kappa shape index (κ2) is 7.66. The molecule has 1 heterocycles. The smallest absolute Gasteiger partial charge is 0.128 e. The fourth-order valence-electron chi connectivity index (χ4n) is 3.02. The van der Waals surface area contributed by atoms with Crippen molar-refractivity contribution >= 4 is 0 Å². The lowest BCUT2D eigenvalue weighted by Crippen LogP contribution is -2.44. The van der Waals surface area contributed by atoms with E-state index in [2.05, 4.69) is 19.2 Å². The van der Waals surface area contributed by atoms with Gasteiger partial charge in [-0.25, -0.2) is 0 Å². The summed E-state index contributed by atoms with van der Waals surface area (Å²) in [5.74, 6) is 2.23. The number of benzene rings is 1. The van der Waals surface area contributed by atoms with Gasteiger partial charge in [-0.15, -0.1) is 0 Å². The molecule has 21 heavy (non-hydrogen) atoms. The zero-order valence-electron chi connectivity index (χ0n) is 13.5. The molecule has 4 nitrogen and oxygen atoms in total. The van der Waals surface area contributed by atoms with Gasteiger partial charge >= 0.3 is 0 Å². The number of morpholine rings is 1. The van der Waals surface area contributed by atoms with E-state index in [-0.39, 0.29) is 12.2 Å². The molecule has 2 rings (SSSR count). The van der Waals surface area contributed by atoms with Gasteiger partial charge in [0, 0.05) is 24.7 Å². The molecule has 0 saturated carbocycles. The fraction of sp³-hybridized carbons (Fsp3) is 0.647. The Kier molecular flexibility index (Phi) is 5.88. The molecule has 0 spiro atoms. The average molecular weight is 293 g/mol. The van der Waals surface area contributed by atoms with Gasteiger partial charge < -0.3 is 19.5 Å². The molecule has 0 aromatic heterocycles. The Morgan fingerprint density at radius 3 is 2.57 bits per heavy atom. The lowest BCUT2D eigenvalue weighted by molar-refractivity contribution is -0.0695. The Hall–Kier alpha value is -1.26. The van der Waals surface area contributed by atoms with E-state index in [0.717, 1.165) is 43.0 Å². The Bertz CT molecular complexity index is 446. The Morgan fingerprint density at radius 1 is 1.19 bits per heavy atom. The van der Waals surface area contributed by atoms with Gasteiger partial charge in [0.25, 0.3) is 0 Å². The minimum Gasteiger partial charge on any atom is -0.497 e. The van der Waals surface area contributed by atoms with E-state index in [1.54, 1.807) is 14.2 Å². The van der Waals surface area contributed by atoms with Gasteiger partial charge in [0.05, 0.1) is 26.4 Å². The van der Waals surface area contributed by atoms with Crippen LogP contribution in [0.25, 0.3) is 0 Å². The van der Waals surface area contributed by atoms with Crippen LogP contribution in [0.5, 0.6) is 11.5 Å². The van der Waals surface area contributed by atoms with Crippen molar-refractivity contribution in [1.82, 2.24) is 5.32 Å². The molecule has 118 valence electrons. The number of nitrogens with one attached hydrogen (secondary N) is 1. The number of methoxy groups -OCH3 is 2. The second-order valence-corrected chi connectivity index (χ2v) is 5.51. The van der Waals surface area contributed by atoms with Gasteiger partial charge in [-0.05, 0) is 18.1 Å². The third-order valence-electron chi connectivity index (χ3n) is 4.38. The predicted octanol–water partition coefficient (Wildman–Crippen LogP) is 3.17. The van der Waals surface area contributed by atoms with Crippen molar-refractivity contribution < 1.29 is 14.2 Å². The van der Waals surface area contributed by atoms with Crippen LogP contribution in [0.1, 0.15) is 38.4 Å². The molecular formula is C17H27NO3. The largest absolute Gasteiger partial charge is 0.497 e. The highest BCUT2D eigenvalue weighted by atomic mass is 16.5. The van der Waals surface area contributed by atoms with Crippen molar-refractivity contribution in [2.24, 2.45) is 5.92 Å². The normalized spacial score (nSPS) is 22.3. The highest BCUT2D eigenvalue weighted by molar-refractivity contribution is 5.42. The number of rotatable bonds is 6. The lowest BCUT2D eigenvalue weighted by Gasteiger charge is -2.35. The van der Waals surface area contributed by atoms with Gasteiger partial charge in [-0.1, -0.05) is 26.7 Å². The van der Waals surface area contributed by atoms with Gasteiger partial charge in [-0.3, -0.25) is 0 Å². The van der Waals surface area contributed by atoms with Crippen LogP contribution in [0.4, 0.5) is 0 Å². The van der Waals surface area contributed by atoms with Crippen molar-refractivity contribution in [3.05, 3.63) is 23.8 Å². The summed E-state index contributed by atoms with van der Waals surface area (Å²) < 4.78 is 17.1. The van der Waals surface area contributed by atoms with Gasteiger partial charge in [0.15, 0.2) is 0 Å². The summed E-state index contributed by atoms with van der Waals surface area (Å²) in [6, 6.07) is 5.92. The maximum Gasteiger partial charge on any atom is 0.128 e. The summed E-state index contributed by atoms with van der Waals surface area (Å²) in [6.45, 7) is 6.21. The van der Waals surface area contributed by atoms with E-state index in [1.807, 2.05) is 18.2 Å². The molecule has 1 aromatic rings. The summed E-state index contributed by atoms with van der Waals surface area (Å²) in [7, 11) is 3.35. The monoisotopic (exact) mass is 293 g/mol. The van der Waals surface area contributed by atoms with E-state index in [0.29, 0.717) is 5.92 Å². The predicted molar refractivity (Wildman–Crippen MR) is 84.1 cm³/mol. The van der Waals surface area contributed by atoms with Crippen LogP contribution in [0.15, 0.2) is 18.2 Å². The highest BCUT2D eigenvalue weighted by Gasteiger charge is 2.29. The molecule has 0 aliphatic carbocycles. The molecule has 1 aliphatic heterocycles. The summed E-state index contributed by atoms with van der Waals surface area (Å²) >= 11 is 0. The van der Waals surface area contributed by atoms with Crippen LogP contribution in [0.3, 0.4) is 0 Å². The molecule has 2 unspecified atom stereocenters. The molecular weight excluding hydrogens is 266 g/mol. The topological polar surface area (TPSA) is 39.7 Å². The zero-order chi connectivity index (χ0) is 15.2. The van der Waals surface area contributed by atoms with Crippen molar-refractivity contribution in [3.8, 4) is 11.5 Å². The van der Waals surface area contributed by atoms with Gasteiger partial charge in [-0.2, -0.15) is 0 Å². The van der Waals surface area contributed by atoms with Gasteiger partial charge in [0.2, 0.25) is 0 Å². The third kappa shape index (κ3) is 3.69. The first-order valence-electron chi connectivity index (χ1n) is 7.81. The Morgan fingerprint density at radius 2 is 1.95 bits per heavy atom. The van der Waals surface area contributed by atoms with E-state index in [1.165, 1.54) is 0 Å². The number of hydrogen-bond donors (Lipinski definition) is 1. The Labute approximate surface area is 127 Å². The van der Waals surface area contributed by atoms with Crippen LogP contribution < -0.4 is 14.8 Å². The van der Waals surface area contributed by atoms with Crippen LogP contribution in [-0.2, 0) is 4.74 Å². The molecule has 1 aromatic carbocycles. The second-order valence-electron chi connectivity index (χ2n) is 5.51. The SMILES string of the molecule is CCC(CC)C1CNCC(c2ccc(OC)cc2OC)O1. The number of hydrogen-bond acceptors (Lipinski definition) is 4. The molecule has 2 atom stereocenters. The summed E-state index contributed by atoms with van der Waals surface area (Å²) in [6.07, 6.45) is 2.60. The highest BCUT2D eigenvalue weighted by Crippen LogP contribution is 2.34. The molecule has 1 aliphatic rings. The maximum atomic E-state index is 6.35. The first-order valence-corrected chi connectivity index (χ1v) is 7.81. The van der Waals surface area contributed by atoms with Gasteiger partial charge in [0.1, 0.15) is 11.5 Å². The molecule has 1 N–H and O–H groups in total. The average Bonchev–Trinajstić information content (AvgIpc) is 2.55. The molecule has 1 fully saturated rings. The number of ether oxygens (including phenoxy) is 3. The summed E-state index contributed by atoms with van der Waals surface area (Å²) in [5, 5.41) is 3.50. The summed E-state index contributed by atoms with van der Waals surface area (Å²) in [5.41, 5.74) is 1.08. The quantitative estimate of drug-likeness (QED) is 0.874. The molecule has 0 radical (unpaired) electrons. The Balaban J connectivity index is 2.17. The first kappa shape index (κ1) is 16.1. The lowest BCUT2D eigenvalue weighted by atomic mass is 9.94. The van der Waals surface area contributed by atoms with Crippen molar-refractivity contribution in [2.75, 3.05) is 27.3 Å².